The summed E-state index contributed by atoms with van der Waals surface area (Å²) in [4.78, 5) is 36.1. The molecular weight excluding hydrogens is 543 g/mol. The van der Waals surface area contributed by atoms with Crippen LogP contribution in [0, 0.1) is 23.2 Å². The van der Waals surface area contributed by atoms with Gasteiger partial charge in [-0.25, -0.2) is 4.79 Å². The Kier molecular flexibility index (Phi) is 9.02. The molecule has 0 aromatic heterocycles. The molecule has 3 aliphatic rings. The number of carboxylic acids is 1. The number of halogens is 3. The van der Waals surface area contributed by atoms with Gasteiger partial charge in [0.05, 0.1) is 12.5 Å². The van der Waals surface area contributed by atoms with Crippen LogP contribution >= 0.6 is 11.8 Å². The van der Waals surface area contributed by atoms with Gasteiger partial charge in [-0.15, -0.1) is 0 Å². The van der Waals surface area contributed by atoms with E-state index in [1.54, 1.807) is 24.3 Å². The van der Waals surface area contributed by atoms with Crippen LogP contribution in [0.4, 0.5) is 23.7 Å². The van der Waals surface area contributed by atoms with Crippen molar-refractivity contribution in [3.63, 3.8) is 0 Å². The van der Waals surface area contributed by atoms with E-state index >= 15 is 0 Å². The van der Waals surface area contributed by atoms with Crippen molar-refractivity contribution in [2.75, 3.05) is 11.9 Å². The van der Waals surface area contributed by atoms with Crippen LogP contribution in [0.5, 0.6) is 0 Å². The van der Waals surface area contributed by atoms with Gasteiger partial charge in [0.15, 0.2) is 0 Å². The van der Waals surface area contributed by atoms with Gasteiger partial charge in [0.2, 0.25) is 0 Å². The van der Waals surface area contributed by atoms with Gasteiger partial charge < -0.3 is 21.1 Å². The SMILES string of the molecule is CC1(C)C2CCC(CC(NC(=O)Nc3cccc(SC(F)(F)F)c3)c3ccc(C(=O)NCCC(=O)O)cc3)C1C2. The lowest BCUT2D eigenvalue weighted by Gasteiger charge is -2.60. The van der Waals surface area contributed by atoms with Crippen LogP contribution in [0.15, 0.2) is 53.4 Å². The molecule has 5 rings (SSSR count). The number of benzene rings is 2. The molecule has 216 valence electrons. The maximum atomic E-state index is 13.0. The highest BCUT2D eigenvalue weighted by Crippen LogP contribution is 2.62. The summed E-state index contributed by atoms with van der Waals surface area (Å²) in [5.41, 5.74) is -2.75. The predicted octanol–water partition coefficient (Wildman–Crippen LogP) is 6.83. The number of carbonyl (C=O) groups excluding carboxylic acids is 2. The second-order valence-corrected chi connectivity index (χ2v) is 12.3. The monoisotopic (exact) mass is 577 g/mol. The van der Waals surface area contributed by atoms with Crippen molar-refractivity contribution >= 4 is 35.4 Å². The van der Waals surface area contributed by atoms with E-state index in [4.69, 9.17) is 5.11 Å². The maximum Gasteiger partial charge on any atom is 0.446 e. The van der Waals surface area contributed by atoms with Gasteiger partial charge in [0, 0.05) is 22.7 Å². The molecule has 0 spiro atoms. The van der Waals surface area contributed by atoms with Gasteiger partial charge in [0.1, 0.15) is 0 Å². The summed E-state index contributed by atoms with van der Waals surface area (Å²) in [6, 6.07) is 11.5. The van der Waals surface area contributed by atoms with Gasteiger partial charge in [-0.05, 0) is 96.5 Å². The van der Waals surface area contributed by atoms with Crippen LogP contribution in [-0.2, 0) is 4.79 Å². The fourth-order valence-corrected chi connectivity index (χ4v) is 6.77. The number of fused-ring (bicyclic) bond motifs is 2. The summed E-state index contributed by atoms with van der Waals surface area (Å²) in [5, 5.41) is 17.0. The minimum Gasteiger partial charge on any atom is -0.481 e. The molecule has 7 nitrogen and oxygen atoms in total. The number of thioether (sulfide) groups is 1. The number of rotatable bonds is 10. The Morgan fingerprint density at radius 3 is 2.45 bits per heavy atom. The van der Waals surface area contributed by atoms with E-state index in [1.807, 2.05) is 0 Å². The summed E-state index contributed by atoms with van der Waals surface area (Å²) in [6.07, 6.45) is 3.91. The maximum absolute atomic E-state index is 13.0. The van der Waals surface area contributed by atoms with E-state index in [0.29, 0.717) is 23.8 Å². The Balaban J connectivity index is 1.47. The summed E-state index contributed by atoms with van der Waals surface area (Å²) in [5.74, 6) is 0.285. The van der Waals surface area contributed by atoms with Gasteiger partial charge in [-0.2, -0.15) is 13.2 Å². The first kappa shape index (κ1) is 29.8. The summed E-state index contributed by atoms with van der Waals surface area (Å²) < 4.78 is 38.4. The number of urea groups is 1. The second-order valence-electron chi connectivity index (χ2n) is 11.2. The fourth-order valence-electron chi connectivity index (χ4n) is 6.17. The number of carbonyl (C=O) groups is 3. The van der Waals surface area contributed by atoms with Crippen LogP contribution in [0.1, 0.15) is 67.9 Å². The molecule has 3 aliphatic carbocycles. The van der Waals surface area contributed by atoms with Gasteiger partial charge in [-0.1, -0.05) is 32.0 Å². The summed E-state index contributed by atoms with van der Waals surface area (Å²) in [6.45, 7) is 4.62. The van der Waals surface area contributed by atoms with Crippen molar-refractivity contribution in [1.29, 1.82) is 0 Å². The normalized spacial score (nSPS) is 22.0. The van der Waals surface area contributed by atoms with Crippen LogP contribution in [-0.4, -0.2) is 35.1 Å². The van der Waals surface area contributed by atoms with E-state index in [1.165, 1.54) is 30.7 Å². The molecule has 2 aromatic rings. The van der Waals surface area contributed by atoms with Crippen molar-refractivity contribution in [3.8, 4) is 0 Å². The molecule has 40 heavy (non-hydrogen) atoms. The van der Waals surface area contributed by atoms with Crippen LogP contribution < -0.4 is 16.0 Å². The van der Waals surface area contributed by atoms with Crippen molar-refractivity contribution in [3.05, 3.63) is 59.7 Å². The molecule has 0 radical (unpaired) electrons. The zero-order chi connectivity index (χ0) is 29.1. The number of anilines is 1. The number of carboxylic acid groups (broad SMARTS) is 1. The topological polar surface area (TPSA) is 108 Å². The predicted molar refractivity (Wildman–Crippen MR) is 147 cm³/mol. The molecule has 4 N–H and O–H groups in total. The average molecular weight is 578 g/mol. The number of nitrogens with one attached hydrogen (secondary N) is 3. The summed E-state index contributed by atoms with van der Waals surface area (Å²) in [7, 11) is 0. The standard InChI is InChI=1S/C29H34F3N3O4S/c1-28(2)20-11-10-19(23(28)15-20)14-24(17-6-8-18(9-7-17)26(38)33-13-12-25(36)37)35-27(39)34-21-4-3-5-22(16-21)40-29(30,31)32/h3-9,16,19-20,23-24H,10-15H2,1-2H3,(H,33,38)(H,36,37)(H2,34,35,39). The Labute approximate surface area is 235 Å². The molecule has 0 saturated heterocycles. The number of amides is 3. The van der Waals surface area contributed by atoms with Gasteiger partial charge in [-0.3, -0.25) is 9.59 Å². The van der Waals surface area contributed by atoms with E-state index in [9.17, 15) is 27.6 Å². The lowest BCUT2D eigenvalue weighted by molar-refractivity contribution is -0.136. The molecule has 3 saturated carbocycles. The van der Waals surface area contributed by atoms with Crippen molar-refractivity contribution in [2.45, 2.75) is 62.4 Å². The molecule has 3 fully saturated rings. The molecule has 3 amide bonds. The Hall–Kier alpha value is -3.21. The van der Waals surface area contributed by atoms with Crippen LogP contribution in [0.25, 0.3) is 0 Å². The van der Waals surface area contributed by atoms with Gasteiger partial charge in [0.25, 0.3) is 5.91 Å². The number of aliphatic carboxylic acids is 1. The smallest absolute Gasteiger partial charge is 0.446 e. The number of hydrogen-bond donors (Lipinski definition) is 4. The third-order valence-corrected chi connectivity index (χ3v) is 9.09. The number of alkyl halides is 3. The second kappa shape index (κ2) is 12.1. The Bertz CT molecular complexity index is 1230. The lowest BCUT2D eigenvalue weighted by Crippen LogP contribution is -2.53. The molecule has 4 atom stereocenters. The van der Waals surface area contributed by atoms with Crippen molar-refractivity contribution in [2.24, 2.45) is 23.2 Å². The van der Waals surface area contributed by atoms with E-state index in [0.717, 1.165) is 24.3 Å². The average Bonchev–Trinajstić information content (AvgIpc) is 2.87. The molecule has 2 aromatic carbocycles. The first-order valence-corrected chi connectivity index (χ1v) is 14.2. The quantitative estimate of drug-likeness (QED) is 0.232. The molecular formula is C29H34F3N3O4S. The van der Waals surface area contributed by atoms with Crippen LogP contribution in [0.2, 0.25) is 0 Å². The van der Waals surface area contributed by atoms with E-state index in [2.05, 4.69) is 29.8 Å². The Morgan fingerprint density at radius 1 is 1.10 bits per heavy atom. The first-order valence-electron chi connectivity index (χ1n) is 13.3. The minimum atomic E-state index is -4.43. The van der Waals surface area contributed by atoms with Crippen LogP contribution in [0.3, 0.4) is 0 Å². The molecule has 11 heteroatoms. The van der Waals surface area contributed by atoms with E-state index < -0.39 is 17.5 Å². The van der Waals surface area contributed by atoms with Crippen molar-refractivity contribution < 1.29 is 32.7 Å². The molecule has 2 bridgehead atoms. The van der Waals surface area contributed by atoms with E-state index in [-0.39, 0.29) is 52.7 Å². The molecule has 0 heterocycles. The van der Waals surface area contributed by atoms with Gasteiger partial charge >= 0.3 is 17.5 Å². The third-order valence-electron chi connectivity index (χ3n) is 8.37. The highest BCUT2D eigenvalue weighted by molar-refractivity contribution is 8.00. The highest BCUT2D eigenvalue weighted by Gasteiger charge is 2.54. The third kappa shape index (κ3) is 7.50. The zero-order valence-electron chi connectivity index (χ0n) is 22.4. The zero-order valence-corrected chi connectivity index (χ0v) is 23.2. The highest BCUT2D eigenvalue weighted by atomic mass is 32.2. The molecule has 4 unspecified atom stereocenters. The molecule has 0 aliphatic heterocycles. The largest absolute Gasteiger partial charge is 0.481 e. The minimum absolute atomic E-state index is 0.0167. The Morgan fingerprint density at radius 2 is 1.82 bits per heavy atom. The fraction of sp³-hybridized carbons (Fsp3) is 0.483. The van der Waals surface area contributed by atoms with Crippen molar-refractivity contribution in [1.82, 2.24) is 10.6 Å². The summed E-state index contributed by atoms with van der Waals surface area (Å²) >= 11 is -0.243. The first-order chi connectivity index (χ1) is 18.8. The number of hydrogen-bond acceptors (Lipinski definition) is 4. The lowest BCUT2D eigenvalue weighted by atomic mass is 9.45.